The third kappa shape index (κ3) is 7.30. The number of nitrogens with zero attached hydrogens (tertiary/aromatic N) is 1. The van der Waals surface area contributed by atoms with Crippen molar-refractivity contribution in [1.29, 1.82) is 0 Å². The predicted octanol–water partition coefficient (Wildman–Crippen LogP) is 1.20. The summed E-state index contributed by atoms with van der Waals surface area (Å²) in [5, 5.41) is 3.25. The molecule has 86 valence electrons. The number of methoxy groups -OCH3 is 1. The Bertz CT molecular complexity index is 143. The Hall–Kier alpha value is -0.120. The van der Waals surface area contributed by atoms with Crippen LogP contribution in [-0.2, 0) is 4.74 Å². The molecule has 1 atom stereocenters. The maximum absolute atomic E-state index is 5.14. The van der Waals surface area contributed by atoms with Gasteiger partial charge in [0, 0.05) is 26.2 Å². The van der Waals surface area contributed by atoms with Crippen molar-refractivity contribution >= 4 is 0 Å². The van der Waals surface area contributed by atoms with Crippen LogP contribution in [0.3, 0.4) is 0 Å². The summed E-state index contributed by atoms with van der Waals surface area (Å²) >= 11 is 0. The molecule has 0 aromatic heterocycles. The molecule has 0 aliphatic rings. The van der Waals surface area contributed by atoms with E-state index in [1.165, 1.54) is 0 Å². The summed E-state index contributed by atoms with van der Waals surface area (Å²) in [7, 11) is 5.88. The van der Waals surface area contributed by atoms with Crippen LogP contribution in [-0.4, -0.2) is 51.8 Å². The first kappa shape index (κ1) is 13.9. The Morgan fingerprint density at radius 3 is 2.29 bits per heavy atom. The molecule has 0 aromatic rings. The van der Waals surface area contributed by atoms with Crippen LogP contribution in [0.2, 0.25) is 0 Å². The maximum Gasteiger partial charge on any atom is 0.0628 e. The molecule has 0 fully saturated rings. The molecule has 0 spiro atoms. The minimum Gasteiger partial charge on any atom is -0.383 e. The molecule has 0 heterocycles. The first-order chi connectivity index (χ1) is 6.39. The molecule has 3 heteroatoms. The first-order valence-corrected chi connectivity index (χ1v) is 5.24. The lowest BCUT2D eigenvalue weighted by atomic mass is 9.96. The summed E-state index contributed by atoms with van der Waals surface area (Å²) in [6.07, 6.45) is 0. The first-order valence-electron chi connectivity index (χ1n) is 5.24. The van der Waals surface area contributed by atoms with Crippen molar-refractivity contribution in [3.63, 3.8) is 0 Å². The van der Waals surface area contributed by atoms with Gasteiger partial charge in [-0.25, -0.2) is 0 Å². The van der Waals surface area contributed by atoms with E-state index in [1.54, 1.807) is 7.11 Å². The number of hydrogen-bond donors (Lipinski definition) is 1. The second-order valence-corrected chi connectivity index (χ2v) is 5.20. The summed E-state index contributed by atoms with van der Waals surface area (Å²) in [6.45, 7) is 9.68. The van der Waals surface area contributed by atoms with Crippen molar-refractivity contribution in [1.82, 2.24) is 10.2 Å². The lowest BCUT2D eigenvalue weighted by molar-refractivity contribution is 0.136. The van der Waals surface area contributed by atoms with E-state index in [2.05, 4.69) is 38.0 Å². The molecular weight excluding hydrogens is 176 g/mol. The monoisotopic (exact) mass is 202 g/mol. The fourth-order valence-electron chi connectivity index (χ4n) is 1.68. The molecule has 0 radical (unpaired) electrons. The summed E-state index contributed by atoms with van der Waals surface area (Å²) in [4.78, 5) is 2.35. The van der Waals surface area contributed by atoms with Crippen LogP contribution in [0, 0.1) is 5.41 Å². The zero-order chi connectivity index (χ0) is 11.2. The van der Waals surface area contributed by atoms with Gasteiger partial charge in [-0.2, -0.15) is 0 Å². The predicted molar refractivity (Wildman–Crippen MR) is 61.7 cm³/mol. The Morgan fingerprint density at radius 2 is 1.93 bits per heavy atom. The van der Waals surface area contributed by atoms with E-state index in [9.17, 15) is 0 Å². The highest BCUT2D eigenvalue weighted by Crippen LogP contribution is 2.14. The molecule has 1 unspecified atom stereocenters. The molecule has 0 saturated heterocycles. The van der Waals surface area contributed by atoms with Crippen LogP contribution in [0.5, 0.6) is 0 Å². The topological polar surface area (TPSA) is 24.5 Å². The molecule has 3 nitrogen and oxygen atoms in total. The summed E-state index contributed by atoms with van der Waals surface area (Å²) in [6, 6.07) is 0.423. The average molecular weight is 202 g/mol. The van der Waals surface area contributed by atoms with Gasteiger partial charge in [-0.15, -0.1) is 0 Å². The van der Waals surface area contributed by atoms with Crippen molar-refractivity contribution < 1.29 is 4.74 Å². The van der Waals surface area contributed by atoms with E-state index in [4.69, 9.17) is 4.74 Å². The van der Waals surface area contributed by atoms with Gasteiger partial charge in [0.2, 0.25) is 0 Å². The number of rotatable bonds is 6. The Balaban J connectivity index is 3.84. The molecule has 0 aromatic carbocycles. The molecule has 0 rings (SSSR count). The smallest absolute Gasteiger partial charge is 0.0628 e. The highest BCUT2D eigenvalue weighted by atomic mass is 16.5. The van der Waals surface area contributed by atoms with Crippen molar-refractivity contribution in [2.45, 2.75) is 26.8 Å². The minimum atomic E-state index is 0.361. The van der Waals surface area contributed by atoms with Crippen LogP contribution >= 0.6 is 0 Å². The quantitative estimate of drug-likeness (QED) is 0.700. The Labute approximate surface area is 88.8 Å². The Kier molecular flexibility index (Phi) is 6.33. The van der Waals surface area contributed by atoms with Gasteiger partial charge in [0.15, 0.2) is 0 Å². The van der Waals surface area contributed by atoms with Gasteiger partial charge in [0.1, 0.15) is 0 Å². The summed E-state index contributed by atoms with van der Waals surface area (Å²) < 4.78 is 5.14. The third-order valence-corrected chi connectivity index (χ3v) is 2.05. The van der Waals surface area contributed by atoms with Crippen molar-refractivity contribution in [3.05, 3.63) is 0 Å². The number of hydrogen-bond acceptors (Lipinski definition) is 3. The second kappa shape index (κ2) is 6.38. The molecule has 0 amide bonds. The summed E-state index contributed by atoms with van der Waals surface area (Å²) in [5.74, 6) is 0. The van der Waals surface area contributed by atoms with Crippen LogP contribution < -0.4 is 5.32 Å². The van der Waals surface area contributed by atoms with Crippen LogP contribution in [0.1, 0.15) is 20.8 Å². The number of nitrogens with one attached hydrogen (secondary N) is 1. The fourth-order valence-corrected chi connectivity index (χ4v) is 1.68. The highest BCUT2D eigenvalue weighted by Gasteiger charge is 2.16. The van der Waals surface area contributed by atoms with Crippen LogP contribution in [0.15, 0.2) is 0 Å². The van der Waals surface area contributed by atoms with Crippen molar-refractivity contribution in [3.8, 4) is 0 Å². The van der Waals surface area contributed by atoms with Gasteiger partial charge in [-0.1, -0.05) is 20.8 Å². The van der Waals surface area contributed by atoms with E-state index in [-0.39, 0.29) is 0 Å². The molecule has 0 aliphatic carbocycles. The zero-order valence-corrected chi connectivity index (χ0v) is 10.6. The van der Waals surface area contributed by atoms with Gasteiger partial charge >= 0.3 is 0 Å². The van der Waals surface area contributed by atoms with Crippen LogP contribution in [0.25, 0.3) is 0 Å². The average Bonchev–Trinajstić information content (AvgIpc) is 2.00. The van der Waals surface area contributed by atoms with E-state index < -0.39 is 0 Å². The lowest BCUT2D eigenvalue weighted by Gasteiger charge is -2.29. The molecule has 0 bridgehead atoms. The van der Waals surface area contributed by atoms with Crippen LogP contribution in [0.4, 0.5) is 0 Å². The molecular formula is C11H26N2O. The third-order valence-electron chi connectivity index (χ3n) is 2.05. The Morgan fingerprint density at radius 1 is 1.36 bits per heavy atom. The van der Waals surface area contributed by atoms with Crippen molar-refractivity contribution in [2.24, 2.45) is 5.41 Å². The molecule has 1 N–H and O–H groups in total. The molecule has 0 aliphatic heterocycles. The van der Waals surface area contributed by atoms with Gasteiger partial charge < -0.3 is 15.0 Å². The molecule has 14 heavy (non-hydrogen) atoms. The highest BCUT2D eigenvalue weighted by molar-refractivity contribution is 4.72. The zero-order valence-electron chi connectivity index (χ0n) is 10.6. The lowest BCUT2D eigenvalue weighted by Crippen LogP contribution is -2.43. The van der Waals surface area contributed by atoms with E-state index in [0.29, 0.717) is 11.5 Å². The van der Waals surface area contributed by atoms with E-state index in [1.807, 2.05) is 7.05 Å². The maximum atomic E-state index is 5.14. The summed E-state index contributed by atoms with van der Waals surface area (Å²) in [5.41, 5.74) is 0.361. The van der Waals surface area contributed by atoms with E-state index in [0.717, 1.165) is 19.7 Å². The number of likely N-dealkylation sites (N-methyl/N-ethyl adjacent to an activating group) is 2. The standard InChI is InChI=1S/C11H26N2O/c1-11(2,3)9-13(5)7-10(12-4)8-14-6/h10,12H,7-9H2,1-6H3. The SMILES string of the molecule is CNC(COC)CN(C)CC(C)(C)C. The largest absolute Gasteiger partial charge is 0.383 e. The minimum absolute atomic E-state index is 0.361. The van der Waals surface area contributed by atoms with Gasteiger partial charge in [-0.3, -0.25) is 0 Å². The second-order valence-electron chi connectivity index (χ2n) is 5.20. The number of ether oxygens (including phenoxy) is 1. The van der Waals surface area contributed by atoms with E-state index >= 15 is 0 Å². The van der Waals surface area contributed by atoms with Gasteiger partial charge in [0.25, 0.3) is 0 Å². The molecule has 0 saturated carbocycles. The van der Waals surface area contributed by atoms with Crippen molar-refractivity contribution in [2.75, 3.05) is 40.9 Å². The normalized spacial score (nSPS) is 14.8. The van der Waals surface area contributed by atoms with Gasteiger partial charge in [-0.05, 0) is 19.5 Å². The fraction of sp³-hybridized carbons (Fsp3) is 1.00. The van der Waals surface area contributed by atoms with Gasteiger partial charge in [0.05, 0.1) is 6.61 Å².